The number of hydrogen-bond donors (Lipinski definition) is 1. The van der Waals surface area contributed by atoms with Crippen molar-refractivity contribution in [1.29, 1.82) is 0 Å². The maximum absolute atomic E-state index is 5.77. The zero-order valence-electron chi connectivity index (χ0n) is 18.7. The molecule has 1 heterocycles. The molecule has 8 heteroatoms. The van der Waals surface area contributed by atoms with Crippen molar-refractivity contribution in [2.45, 2.75) is 20.0 Å². The number of furan rings is 1. The molecule has 2 aromatic carbocycles. The topological polar surface area (TPSA) is 65.3 Å². The molecule has 0 aliphatic rings. The zero-order chi connectivity index (χ0) is 22.9. The van der Waals surface area contributed by atoms with Gasteiger partial charge in [-0.05, 0) is 61.1 Å². The van der Waals surface area contributed by atoms with Crippen LogP contribution in [0.2, 0.25) is 0 Å². The summed E-state index contributed by atoms with van der Waals surface area (Å²) < 4.78 is 27.7. The van der Waals surface area contributed by atoms with Crippen molar-refractivity contribution in [3.63, 3.8) is 0 Å². The summed E-state index contributed by atoms with van der Waals surface area (Å²) in [7, 11) is 4.77. The molecule has 0 aliphatic carbocycles. The maximum Gasteiger partial charge on any atom is 0.203 e. The lowest BCUT2D eigenvalue weighted by atomic mass is 10.1. The van der Waals surface area contributed by atoms with Crippen molar-refractivity contribution in [2.24, 2.45) is 0 Å². The molecule has 0 aliphatic heterocycles. The molecule has 0 fully saturated rings. The van der Waals surface area contributed by atoms with E-state index in [1.165, 1.54) is 0 Å². The largest absolute Gasteiger partial charge is 0.493 e. The molecular formula is C24H28N2O5S. The molecule has 0 saturated heterocycles. The molecule has 0 bridgehead atoms. The van der Waals surface area contributed by atoms with Gasteiger partial charge in [0.15, 0.2) is 16.6 Å². The Morgan fingerprint density at radius 1 is 0.938 bits per heavy atom. The zero-order valence-corrected chi connectivity index (χ0v) is 19.5. The molecule has 1 aromatic heterocycles. The SMILES string of the molecule is CCOc1ccccc1NC(=S)N(Cc1cc(OC)c(OC)c(OC)c1)Cc1ccco1. The highest BCUT2D eigenvalue weighted by Gasteiger charge is 2.18. The monoisotopic (exact) mass is 456 g/mol. The van der Waals surface area contributed by atoms with E-state index in [0.717, 1.165) is 22.8 Å². The van der Waals surface area contributed by atoms with Gasteiger partial charge in [-0.3, -0.25) is 0 Å². The molecule has 0 saturated carbocycles. The molecule has 0 amide bonds. The number of hydrogen-bond acceptors (Lipinski definition) is 6. The van der Waals surface area contributed by atoms with Crippen molar-refractivity contribution >= 4 is 23.0 Å². The van der Waals surface area contributed by atoms with E-state index < -0.39 is 0 Å². The van der Waals surface area contributed by atoms with Crippen LogP contribution in [0.3, 0.4) is 0 Å². The Morgan fingerprint density at radius 2 is 1.66 bits per heavy atom. The Hall–Kier alpha value is -3.39. The molecule has 32 heavy (non-hydrogen) atoms. The lowest BCUT2D eigenvalue weighted by Gasteiger charge is -2.26. The van der Waals surface area contributed by atoms with Gasteiger partial charge in [-0.2, -0.15) is 0 Å². The van der Waals surface area contributed by atoms with Crippen LogP contribution in [0.5, 0.6) is 23.0 Å². The molecule has 3 rings (SSSR count). The number of para-hydroxylation sites is 2. The van der Waals surface area contributed by atoms with Gasteiger partial charge in [0, 0.05) is 6.54 Å². The Kier molecular flexibility index (Phi) is 8.21. The van der Waals surface area contributed by atoms with Crippen LogP contribution in [0.1, 0.15) is 18.2 Å². The Bertz CT molecular complexity index is 998. The first-order valence-corrected chi connectivity index (χ1v) is 10.6. The molecule has 0 atom stereocenters. The van der Waals surface area contributed by atoms with Crippen molar-refractivity contribution in [3.05, 3.63) is 66.1 Å². The first-order valence-electron chi connectivity index (χ1n) is 10.2. The minimum atomic E-state index is 0.478. The van der Waals surface area contributed by atoms with Crippen LogP contribution in [0, 0.1) is 0 Å². The van der Waals surface area contributed by atoms with Gasteiger partial charge in [0.1, 0.15) is 11.5 Å². The quantitative estimate of drug-likeness (QED) is 0.423. The van der Waals surface area contributed by atoms with Crippen molar-refractivity contribution in [2.75, 3.05) is 33.3 Å². The molecule has 170 valence electrons. The molecule has 1 N–H and O–H groups in total. The van der Waals surface area contributed by atoms with Gasteiger partial charge in [-0.15, -0.1) is 0 Å². The summed E-state index contributed by atoms with van der Waals surface area (Å²) in [5.74, 6) is 3.24. The van der Waals surface area contributed by atoms with Crippen molar-refractivity contribution in [3.8, 4) is 23.0 Å². The normalized spacial score (nSPS) is 10.4. The Morgan fingerprint density at radius 3 is 2.25 bits per heavy atom. The molecule has 7 nitrogen and oxygen atoms in total. The highest BCUT2D eigenvalue weighted by Crippen LogP contribution is 2.38. The van der Waals surface area contributed by atoms with Crippen LogP contribution in [0.15, 0.2) is 59.2 Å². The highest BCUT2D eigenvalue weighted by atomic mass is 32.1. The fourth-order valence-corrected chi connectivity index (χ4v) is 3.52. The van der Waals surface area contributed by atoms with E-state index in [9.17, 15) is 0 Å². The van der Waals surface area contributed by atoms with Crippen LogP contribution in [-0.4, -0.2) is 37.9 Å². The smallest absolute Gasteiger partial charge is 0.203 e. The van der Waals surface area contributed by atoms with Gasteiger partial charge in [-0.25, -0.2) is 0 Å². The van der Waals surface area contributed by atoms with Gasteiger partial charge in [-0.1, -0.05) is 12.1 Å². The summed E-state index contributed by atoms with van der Waals surface area (Å²) in [6.45, 7) is 3.47. The molecule has 0 spiro atoms. The summed E-state index contributed by atoms with van der Waals surface area (Å²) in [5.41, 5.74) is 1.74. The van der Waals surface area contributed by atoms with Gasteiger partial charge >= 0.3 is 0 Å². The van der Waals surface area contributed by atoms with Crippen molar-refractivity contribution < 1.29 is 23.4 Å². The highest BCUT2D eigenvalue weighted by molar-refractivity contribution is 7.80. The second-order valence-electron chi connectivity index (χ2n) is 6.83. The summed E-state index contributed by atoms with van der Waals surface area (Å²) in [5, 5.41) is 3.84. The Labute approximate surface area is 193 Å². The lowest BCUT2D eigenvalue weighted by Crippen LogP contribution is -2.33. The summed E-state index contributed by atoms with van der Waals surface area (Å²) in [6.07, 6.45) is 1.65. The van der Waals surface area contributed by atoms with E-state index >= 15 is 0 Å². The van der Waals surface area contributed by atoms with Crippen LogP contribution >= 0.6 is 12.2 Å². The number of benzene rings is 2. The average Bonchev–Trinajstić information content (AvgIpc) is 3.32. The number of thiocarbonyl (C=S) groups is 1. The molecule has 3 aromatic rings. The third-order valence-electron chi connectivity index (χ3n) is 4.74. The van der Waals surface area contributed by atoms with Gasteiger partial charge < -0.3 is 33.6 Å². The third-order valence-corrected chi connectivity index (χ3v) is 5.10. The summed E-state index contributed by atoms with van der Waals surface area (Å²) in [6, 6.07) is 15.3. The number of anilines is 1. The predicted molar refractivity (Wildman–Crippen MR) is 128 cm³/mol. The van der Waals surface area contributed by atoms with Crippen molar-refractivity contribution in [1.82, 2.24) is 4.90 Å². The summed E-state index contributed by atoms with van der Waals surface area (Å²) >= 11 is 5.77. The first kappa shape index (κ1) is 23.3. The lowest BCUT2D eigenvalue weighted by molar-refractivity contribution is 0.321. The number of nitrogens with one attached hydrogen (secondary N) is 1. The van der Waals surface area contributed by atoms with Crippen LogP contribution in [0.25, 0.3) is 0 Å². The third kappa shape index (κ3) is 5.64. The number of methoxy groups -OCH3 is 3. The minimum Gasteiger partial charge on any atom is -0.493 e. The van der Waals surface area contributed by atoms with E-state index in [-0.39, 0.29) is 0 Å². The van der Waals surface area contributed by atoms with E-state index in [0.29, 0.717) is 42.1 Å². The minimum absolute atomic E-state index is 0.478. The fraction of sp³-hybridized carbons (Fsp3) is 0.292. The van der Waals surface area contributed by atoms with E-state index in [1.54, 1.807) is 27.6 Å². The van der Waals surface area contributed by atoms with Crippen LogP contribution < -0.4 is 24.3 Å². The predicted octanol–water partition coefficient (Wildman–Crippen LogP) is 5.10. The van der Waals surface area contributed by atoms with Gasteiger partial charge in [0.25, 0.3) is 0 Å². The first-order chi connectivity index (χ1) is 15.6. The maximum atomic E-state index is 5.77. The van der Waals surface area contributed by atoms with Gasteiger partial charge in [0.2, 0.25) is 5.75 Å². The van der Waals surface area contributed by atoms with Crippen LogP contribution in [0.4, 0.5) is 5.69 Å². The van der Waals surface area contributed by atoms with Gasteiger partial charge in [0.05, 0.1) is 46.4 Å². The fourth-order valence-electron chi connectivity index (χ4n) is 3.28. The van der Waals surface area contributed by atoms with E-state index in [1.807, 2.05) is 60.4 Å². The molecule has 0 radical (unpaired) electrons. The standard InChI is InChI=1S/C24H28N2O5S/c1-5-30-20-11-7-6-10-19(20)25-24(32)26(16-18-9-8-12-31-18)15-17-13-21(27-2)23(29-4)22(14-17)28-3/h6-14H,5,15-16H2,1-4H3,(H,25,32). The molecule has 0 unspecified atom stereocenters. The summed E-state index contributed by atoms with van der Waals surface area (Å²) in [4.78, 5) is 2.00. The second-order valence-corrected chi connectivity index (χ2v) is 7.22. The second kappa shape index (κ2) is 11.3. The van der Waals surface area contributed by atoms with E-state index in [4.69, 9.17) is 35.6 Å². The number of ether oxygens (including phenoxy) is 4. The Balaban J connectivity index is 1.89. The number of nitrogens with zero attached hydrogens (tertiary/aromatic N) is 1. The molecular weight excluding hydrogens is 428 g/mol. The van der Waals surface area contributed by atoms with Crippen LogP contribution in [-0.2, 0) is 13.1 Å². The number of rotatable bonds is 10. The van der Waals surface area contributed by atoms with E-state index in [2.05, 4.69) is 5.32 Å². The average molecular weight is 457 g/mol.